The van der Waals surface area contributed by atoms with Gasteiger partial charge in [0.15, 0.2) is 0 Å². The molecule has 2 fully saturated rings. The first-order chi connectivity index (χ1) is 6.36. The van der Waals surface area contributed by atoms with E-state index in [4.69, 9.17) is 9.47 Å². The van der Waals surface area contributed by atoms with Crippen molar-refractivity contribution >= 4 is 0 Å². The molecule has 0 spiro atoms. The van der Waals surface area contributed by atoms with Gasteiger partial charge in [-0.25, -0.2) is 0 Å². The van der Waals surface area contributed by atoms with Crippen LogP contribution in [0.1, 0.15) is 26.2 Å². The lowest BCUT2D eigenvalue weighted by Gasteiger charge is -2.18. The molecule has 0 saturated carbocycles. The number of ether oxygens (including phenoxy) is 2. The molecule has 0 bridgehead atoms. The van der Waals surface area contributed by atoms with E-state index in [0.29, 0.717) is 18.2 Å². The van der Waals surface area contributed by atoms with Crippen molar-refractivity contribution in [2.45, 2.75) is 44.4 Å². The molecule has 3 atom stereocenters. The minimum absolute atomic E-state index is 0.376. The van der Waals surface area contributed by atoms with E-state index in [9.17, 15) is 0 Å². The molecular formula is C10H19NO2. The summed E-state index contributed by atoms with van der Waals surface area (Å²) in [5.74, 6) is 0. The van der Waals surface area contributed by atoms with Crippen LogP contribution in [-0.4, -0.2) is 38.0 Å². The molecule has 0 radical (unpaired) electrons. The van der Waals surface area contributed by atoms with Crippen LogP contribution in [0.2, 0.25) is 0 Å². The van der Waals surface area contributed by atoms with E-state index in [1.165, 1.54) is 12.8 Å². The van der Waals surface area contributed by atoms with Crippen molar-refractivity contribution in [3.8, 4) is 0 Å². The highest BCUT2D eigenvalue weighted by Crippen LogP contribution is 2.15. The minimum atomic E-state index is 0.376. The molecule has 0 amide bonds. The van der Waals surface area contributed by atoms with Crippen molar-refractivity contribution in [1.82, 2.24) is 5.32 Å². The average molecular weight is 185 g/mol. The molecule has 0 aromatic heterocycles. The Morgan fingerprint density at radius 3 is 2.77 bits per heavy atom. The van der Waals surface area contributed by atoms with E-state index < -0.39 is 0 Å². The van der Waals surface area contributed by atoms with E-state index in [2.05, 4.69) is 12.2 Å². The van der Waals surface area contributed by atoms with Gasteiger partial charge in [0, 0.05) is 25.8 Å². The van der Waals surface area contributed by atoms with E-state index >= 15 is 0 Å². The Balaban J connectivity index is 1.66. The van der Waals surface area contributed by atoms with Crippen molar-refractivity contribution in [2.24, 2.45) is 0 Å². The summed E-state index contributed by atoms with van der Waals surface area (Å²) in [6.45, 7) is 4.99. The molecule has 0 aliphatic carbocycles. The standard InChI is InChI=1S/C10H19NO2/c1-8-10(4-6-12-8)11-7-9-3-2-5-13-9/h8-11H,2-7H2,1H3/t8-,9-,10+/m0/s1. The van der Waals surface area contributed by atoms with Gasteiger partial charge in [0.2, 0.25) is 0 Å². The summed E-state index contributed by atoms with van der Waals surface area (Å²) in [7, 11) is 0. The van der Waals surface area contributed by atoms with Crippen LogP contribution in [0.3, 0.4) is 0 Å². The molecule has 0 unspecified atom stereocenters. The quantitative estimate of drug-likeness (QED) is 0.709. The van der Waals surface area contributed by atoms with Crippen molar-refractivity contribution in [3.05, 3.63) is 0 Å². The Labute approximate surface area is 79.8 Å². The second kappa shape index (κ2) is 4.40. The number of nitrogens with one attached hydrogen (secondary N) is 1. The number of hydrogen-bond acceptors (Lipinski definition) is 3. The lowest BCUT2D eigenvalue weighted by molar-refractivity contribution is 0.0925. The lowest BCUT2D eigenvalue weighted by Crippen LogP contribution is -2.39. The predicted octanol–water partition coefficient (Wildman–Crippen LogP) is 0.932. The third kappa shape index (κ3) is 2.42. The SMILES string of the molecule is C[C@@H]1OCC[C@H]1NC[C@@H]1CCCO1. The normalized spacial score (nSPS) is 39.9. The Kier molecular flexibility index (Phi) is 3.19. The maximum Gasteiger partial charge on any atom is 0.0700 e. The topological polar surface area (TPSA) is 30.5 Å². The van der Waals surface area contributed by atoms with Crippen molar-refractivity contribution in [1.29, 1.82) is 0 Å². The smallest absolute Gasteiger partial charge is 0.0700 e. The lowest BCUT2D eigenvalue weighted by atomic mass is 10.1. The van der Waals surface area contributed by atoms with Gasteiger partial charge in [0.1, 0.15) is 0 Å². The molecule has 2 aliphatic heterocycles. The van der Waals surface area contributed by atoms with E-state index in [0.717, 1.165) is 26.2 Å². The Morgan fingerprint density at radius 1 is 1.23 bits per heavy atom. The van der Waals surface area contributed by atoms with Gasteiger partial charge in [-0.15, -0.1) is 0 Å². The highest BCUT2D eigenvalue weighted by molar-refractivity contribution is 4.80. The summed E-state index contributed by atoms with van der Waals surface area (Å²) in [6.07, 6.45) is 4.42. The van der Waals surface area contributed by atoms with Crippen LogP contribution in [0.25, 0.3) is 0 Å². The second-order valence-electron chi connectivity index (χ2n) is 4.01. The second-order valence-corrected chi connectivity index (χ2v) is 4.01. The van der Waals surface area contributed by atoms with Crippen LogP contribution in [-0.2, 0) is 9.47 Å². The third-order valence-electron chi connectivity index (χ3n) is 3.01. The zero-order chi connectivity index (χ0) is 9.10. The molecule has 2 saturated heterocycles. The molecule has 1 N–H and O–H groups in total. The monoisotopic (exact) mass is 185 g/mol. The van der Waals surface area contributed by atoms with Gasteiger partial charge in [-0.1, -0.05) is 0 Å². The molecule has 2 heterocycles. The van der Waals surface area contributed by atoms with Gasteiger partial charge in [-0.05, 0) is 26.2 Å². The average Bonchev–Trinajstić information content (AvgIpc) is 2.72. The molecule has 76 valence electrons. The first kappa shape index (κ1) is 9.44. The molecule has 0 aromatic carbocycles. The molecule has 0 aromatic rings. The first-order valence-corrected chi connectivity index (χ1v) is 5.33. The maximum absolute atomic E-state index is 5.54. The van der Waals surface area contributed by atoms with Gasteiger partial charge in [-0.3, -0.25) is 0 Å². The summed E-state index contributed by atoms with van der Waals surface area (Å²) in [5, 5.41) is 3.52. The summed E-state index contributed by atoms with van der Waals surface area (Å²) in [4.78, 5) is 0. The van der Waals surface area contributed by atoms with Crippen LogP contribution in [0.15, 0.2) is 0 Å². The van der Waals surface area contributed by atoms with Crippen LogP contribution in [0.4, 0.5) is 0 Å². The summed E-state index contributed by atoms with van der Waals surface area (Å²) in [5.41, 5.74) is 0. The largest absolute Gasteiger partial charge is 0.377 e. The van der Waals surface area contributed by atoms with Crippen molar-refractivity contribution < 1.29 is 9.47 Å². The van der Waals surface area contributed by atoms with Gasteiger partial charge >= 0.3 is 0 Å². The van der Waals surface area contributed by atoms with Crippen LogP contribution >= 0.6 is 0 Å². The highest BCUT2D eigenvalue weighted by Gasteiger charge is 2.25. The van der Waals surface area contributed by atoms with Gasteiger partial charge in [0.25, 0.3) is 0 Å². The zero-order valence-electron chi connectivity index (χ0n) is 8.29. The predicted molar refractivity (Wildman–Crippen MR) is 50.8 cm³/mol. The van der Waals surface area contributed by atoms with Gasteiger partial charge < -0.3 is 14.8 Å². The summed E-state index contributed by atoms with van der Waals surface area (Å²) in [6, 6.07) is 0.546. The van der Waals surface area contributed by atoms with Crippen LogP contribution in [0.5, 0.6) is 0 Å². The Bertz CT molecular complexity index is 157. The Hall–Kier alpha value is -0.120. The highest BCUT2D eigenvalue weighted by atomic mass is 16.5. The molecule has 3 nitrogen and oxygen atoms in total. The van der Waals surface area contributed by atoms with Crippen LogP contribution in [0, 0.1) is 0 Å². The van der Waals surface area contributed by atoms with E-state index in [1.54, 1.807) is 0 Å². The van der Waals surface area contributed by atoms with Crippen LogP contribution < -0.4 is 5.32 Å². The minimum Gasteiger partial charge on any atom is -0.377 e. The Morgan fingerprint density at radius 2 is 2.15 bits per heavy atom. The fraction of sp³-hybridized carbons (Fsp3) is 1.00. The van der Waals surface area contributed by atoms with Crippen molar-refractivity contribution in [3.63, 3.8) is 0 Å². The van der Waals surface area contributed by atoms with E-state index in [-0.39, 0.29) is 0 Å². The molecular weight excluding hydrogens is 166 g/mol. The zero-order valence-corrected chi connectivity index (χ0v) is 8.29. The molecule has 2 aliphatic rings. The third-order valence-corrected chi connectivity index (χ3v) is 3.01. The molecule has 2 rings (SSSR count). The fourth-order valence-corrected chi connectivity index (χ4v) is 2.09. The van der Waals surface area contributed by atoms with E-state index in [1.807, 2.05) is 0 Å². The first-order valence-electron chi connectivity index (χ1n) is 5.33. The van der Waals surface area contributed by atoms with Gasteiger partial charge in [-0.2, -0.15) is 0 Å². The maximum atomic E-state index is 5.54. The summed E-state index contributed by atoms with van der Waals surface area (Å²) >= 11 is 0. The molecule has 13 heavy (non-hydrogen) atoms. The fourth-order valence-electron chi connectivity index (χ4n) is 2.09. The number of hydrogen-bond donors (Lipinski definition) is 1. The number of rotatable bonds is 3. The summed E-state index contributed by atoms with van der Waals surface area (Å²) < 4.78 is 11.0. The van der Waals surface area contributed by atoms with Crippen molar-refractivity contribution in [2.75, 3.05) is 19.8 Å². The van der Waals surface area contributed by atoms with Gasteiger partial charge in [0.05, 0.1) is 12.2 Å². The molecule has 3 heteroatoms.